The van der Waals surface area contributed by atoms with E-state index in [0.29, 0.717) is 24.1 Å². The zero-order valence-electron chi connectivity index (χ0n) is 13.0. The quantitative estimate of drug-likeness (QED) is 0.859. The molecule has 1 aromatic carbocycles. The molecule has 1 unspecified atom stereocenters. The number of carbonyl (C=O) groups is 1. The van der Waals surface area contributed by atoms with Crippen LogP contribution in [0.25, 0.3) is 0 Å². The topological polar surface area (TPSA) is 32.3 Å². The number of benzene rings is 1. The van der Waals surface area contributed by atoms with Gasteiger partial charge in [-0.25, -0.2) is 0 Å². The van der Waals surface area contributed by atoms with E-state index >= 15 is 0 Å². The van der Waals surface area contributed by atoms with E-state index in [4.69, 9.17) is 0 Å². The lowest BCUT2D eigenvalue weighted by Crippen LogP contribution is -2.41. The maximum Gasteiger partial charge on any atom is 0.252 e. The van der Waals surface area contributed by atoms with E-state index < -0.39 is 0 Å². The van der Waals surface area contributed by atoms with Gasteiger partial charge in [-0.2, -0.15) is 0 Å². The second-order valence-electron chi connectivity index (χ2n) is 5.89. The van der Waals surface area contributed by atoms with Crippen LogP contribution in [0.4, 0.5) is 0 Å². The van der Waals surface area contributed by atoms with Crippen LogP contribution in [-0.2, 0) is 0 Å². The molecule has 1 atom stereocenters. The average molecular weight is 341 g/mol. The summed E-state index contributed by atoms with van der Waals surface area (Å²) in [5.74, 6) is 0.598. The van der Waals surface area contributed by atoms with E-state index in [1.165, 1.54) is 0 Å². The molecule has 4 heteroatoms. The summed E-state index contributed by atoms with van der Waals surface area (Å²) in [7, 11) is 4.11. The number of rotatable bonds is 6. The van der Waals surface area contributed by atoms with E-state index in [9.17, 15) is 4.79 Å². The van der Waals surface area contributed by atoms with Gasteiger partial charge >= 0.3 is 0 Å². The molecule has 1 amide bonds. The Labute approximate surface area is 130 Å². The number of hydrogen-bond acceptors (Lipinski definition) is 2. The summed E-state index contributed by atoms with van der Waals surface area (Å²) >= 11 is 3.49. The Morgan fingerprint density at radius 3 is 2.55 bits per heavy atom. The minimum absolute atomic E-state index is 0.0174. The smallest absolute Gasteiger partial charge is 0.252 e. The Morgan fingerprint density at radius 1 is 1.35 bits per heavy atom. The van der Waals surface area contributed by atoms with Crippen LogP contribution in [0.3, 0.4) is 0 Å². The third-order valence-electron chi connectivity index (χ3n) is 3.41. The average Bonchev–Trinajstić information content (AvgIpc) is 2.36. The fourth-order valence-corrected chi connectivity index (χ4v) is 2.59. The molecule has 0 aromatic heterocycles. The maximum atomic E-state index is 12.3. The molecule has 0 spiro atoms. The van der Waals surface area contributed by atoms with E-state index in [-0.39, 0.29) is 5.91 Å². The van der Waals surface area contributed by atoms with Crippen LogP contribution in [-0.4, -0.2) is 37.5 Å². The first kappa shape index (κ1) is 17.2. The van der Waals surface area contributed by atoms with E-state index in [2.05, 4.69) is 54.1 Å². The molecule has 0 fully saturated rings. The first-order valence-electron chi connectivity index (χ1n) is 7.02. The summed E-state index contributed by atoms with van der Waals surface area (Å²) in [6.07, 6.45) is 1.07. The summed E-state index contributed by atoms with van der Waals surface area (Å²) < 4.78 is 0.878. The van der Waals surface area contributed by atoms with Crippen molar-refractivity contribution in [2.24, 2.45) is 5.92 Å². The predicted octanol–water partition coefficient (Wildman–Crippen LogP) is 3.46. The Hall–Kier alpha value is -0.870. The lowest BCUT2D eigenvalue weighted by Gasteiger charge is -2.26. The Balaban J connectivity index is 2.68. The summed E-state index contributed by atoms with van der Waals surface area (Å²) in [5, 5.41) is 3.04. The predicted molar refractivity (Wildman–Crippen MR) is 88.1 cm³/mol. The van der Waals surface area contributed by atoms with Crippen LogP contribution < -0.4 is 5.32 Å². The van der Waals surface area contributed by atoms with Gasteiger partial charge in [0.1, 0.15) is 0 Å². The normalized spacial score (nSPS) is 12.8. The van der Waals surface area contributed by atoms with Gasteiger partial charge in [0.05, 0.1) is 5.56 Å². The van der Waals surface area contributed by atoms with Crippen molar-refractivity contribution in [1.29, 1.82) is 0 Å². The summed E-state index contributed by atoms with van der Waals surface area (Å²) in [6.45, 7) is 7.07. The van der Waals surface area contributed by atoms with Crippen molar-refractivity contribution in [3.05, 3.63) is 33.8 Å². The zero-order chi connectivity index (χ0) is 15.3. The highest BCUT2D eigenvalue weighted by atomic mass is 79.9. The molecule has 0 aliphatic rings. The molecule has 0 aliphatic carbocycles. The molecule has 0 radical (unpaired) electrons. The Bertz CT molecular complexity index is 458. The van der Waals surface area contributed by atoms with Crippen molar-refractivity contribution in [1.82, 2.24) is 10.2 Å². The molecule has 3 nitrogen and oxygen atoms in total. The van der Waals surface area contributed by atoms with Gasteiger partial charge in [0.2, 0.25) is 0 Å². The van der Waals surface area contributed by atoms with Crippen molar-refractivity contribution < 1.29 is 4.79 Å². The van der Waals surface area contributed by atoms with Crippen LogP contribution >= 0.6 is 15.9 Å². The fraction of sp³-hybridized carbons (Fsp3) is 0.562. The second-order valence-corrected chi connectivity index (χ2v) is 6.69. The van der Waals surface area contributed by atoms with Crippen LogP contribution in [0.1, 0.15) is 36.2 Å². The Morgan fingerprint density at radius 2 is 2.00 bits per heavy atom. The number of hydrogen-bond donors (Lipinski definition) is 1. The van der Waals surface area contributed by atoms with Crippen LogP contribution in [0.5, 0.6) is 0 Å². The molecule has 0 heterocycles. The van der Waals surface area contributed by atoms with E-state index in [1.807, 2.05) is 25.1 Å². The first-order chi connectivity index (χ1) is 9.32. The van der Waals surface area contributed by atoms with Crippen molar-refractivity contribution in [3.8, 4) is 0 Å². The largest absolute Gasteiger partial charge is 0.350 e. The minimum Gasteiger partial charge on any atom is -0.350 e. The van der Waals surface area contributed by atoms with Crippen molar-refractivity contribution in [3.63, 3.8) is 0 Å². The Kier molecular flexibility index (Phi) is 6.69. The van der Waals surface area contributed by atoms with Gasteiger partial charge in [-0.15, -0.1) is 0 Å². The number of aryl methyl sites for hydroxylation is 1. The molecule has 0 bridgehead atoms. The van der Waals surface area contributed by atoms with Gasteiger partial charge in [0.25, 0.3) is 5.91 Å². The lowest BCUT2D eigenvalue weighted by atomic mass is 10.0. The highest BCUT2D eigenvalue weighted by Crippen LogP contribution is 2.21. The summed E-state index contributed by atoms with van der Waals surface area (Å²) in [4.78, 5) is 14.4. The third-order valence-corrected chi connectivity index (χ3v) is 4.46. The maximum absolute atomic E-state index is 12.3. The van der Waals surface area contributed by atoms with Gasteiger partial charge in [-0.1, -0.05) is 26.0 Å². The number of carbonyl (C=O) groups excluding carboxylic acids is 1. The van der Waals surface area contributed by atoms with E-state index in [1.54, 1.807) is 0 Å². The fourth-order valence-electron chi connectivity index (χ4n) is 2.15. The van der Waals surface area contributed by atoms with Gasteiger partial charge < -0.3 is 10.2 Å². The van der Waals surface area contributed by atoms with Crippen molar-refractivity contribution in [2.75, 3.05) is 20.6 Å². The number of amides is 1. The van der Waals surface area contributed by atoms with Gasteiger partial charge in [-0.3, -0.25) is 4.79 Å². The third kappa shape index (κ3) is 4.91. The minimum atomic E-state index is -0.0174. The molecular weight excluding hydrogens is 316 g/mol. The molecule has 0 saturated heterocycles. The molecule has 0 saturated carbocycles. The first-order valence-corrected chi connectivity index (χ1v) is 7.82. The van der Waals surface area contributed by atoms with Crippen molar-refractivity contribution in [2.45, 2.75) is 33.2 Å². The molecule has 1 N–H and O–H groups in total. The van der Waals surface area contributed by atoms with Gasteiger partial charge in [-0.05, 0) is 60.9 Å². The van der Waals surface area contributed by atoms with Crippen molar-refractivity contribution >= 4 is 21.8 Å². The highest BCUT2D eigenvalue weighted by molar-refractivity contribution is 9.10. The SMILES string of the molecule is Cc1cccc(C(=O)NCC(CC(C)C)N(C)C)c1Br. The van der Waals surface area contributed by atoms with Crippen LogP contribution in [0, 0.1) is 12.8 Å². The molecule has 0 aliphatic heterocycles. The number of halogens is 1. The molecule has 1 aromatic rings. The number of nitrogens with one attached hydrogen (secondary N) is 1. The summed E-state index contributed by atoms with van der Waals surface area (Å²) in [5.41, 5.74) is 1.77. The zero-order valence-corrected chi connectivity index (χ0v) is 14.6. The molecule has 1 rings (SSSR count). The molecule has 20 heavy (non-hydrogen) atoms. The second kappa shape index (κ2) is 7.79. The number of likely N-dealkylation sites (N-methyl/N-ethyl adjacent to an activating group) is 1. The monoisotopic (exact) mass is 340 g/mol. The molecule has 112 valence electrons. The standard InChI is InChI=1S/C16H25BrN2O/c1-11(2)9-13(19(4)5)10-18-16(20)14-8-6-7-12(3)15(14)17/h6-8,11,13H,9-10H2,1-5H3,(H,18,20). The molecular formula is C16H25BrN2O. The van der Waals surface area contributed by atoms with E-state index in [0.717, 1.165) is 16.5 Å². The highest BCUT2D eigenvalue weighted by Gasteiger charge is 2.16. The lowest BCUT2D eigenvalue weighted by molar-refractivity contribution is 0.0937. The number of nitrogens with zero attached hydrogens (tertiary/aromatic N) is 1. The summed E-state index contributed by atoms with van der Waals surface area (Å²) in [6, 6.07) is 6.11. The van der Waals surface area contributed by atoms with Gasteiger partial charge in [0, 0.05) is 17.1 Å². The van der Waals surface area contributed by atoms with Gasteiger partial charge in [0.15, 0.2) is 0 Å². The van der Waals surface area contributed by atoms with Crippen LogP contribution in [0.2, 0.25) is 0 Å². The van der Waals surface area contributed by atoms with Crippen LogP contribution in [0.15, 0.2) is 22.7 Å².